The molecule has 1 aliphatic carbocycles. The summed E-state index contributed by atoms with van der Waals surface area (Å²) in [6.07, 6.45) is 6.15. The molecule has 1 amide bonds. The highest BCUT2D eigenvalue weighted by Crippen LogP contribution is 2.37. The van der Waals surface area contributed by atoms with Gasteiger partial charge < -0.3 is 24.6 Å². The van der Waals surface area contributed by atoms with Gasteiger partial charge in [-0.2, -0.15) is 0 Å². The lowest BCUT2D eigenvalue weighted by Gasteiger charge is -2.37. The van der Waals surface area contributed by atoms with Crippen LogP contribution in [-0.4, -0.2) is 108 Å². The average molecular weight is 838 g/mol. The van der Waals surface area contributed by atoms with E-state index in [1.807, 2.05) is 24.3 Å². The Morgan fingerprint density at radius 3 is 2.22 bits per heavy atom. The van der Waals surface area contributed by atoms with E-state index in [0.29, 0.717) is 25.5 Å². The predicted octanol–water partition coefficient (Wildman–Crippen LogP) is 6.59. The van der Waals surface area contributed by atoms with Gasteiger partial charge in [-0.25, -0.2) is 13.1 Å². The number of nitrogens with zero attached hydrogens (tertiary/aromatic N) is 5. The summed E-state index contributed by atoms with van der Waals surface area (Å²) in [6, 6.07) is 26.6. The normalized spacial score (nSPS) is 20.1. The van der Waals surface area contributed by atoms with Crippen molar-refractivity contribution in [2.75, 3.05) is 93.8 Å². The molecule has 5 fully saturated rings. The molecule has 4 aromatic carbocycles. The number of nitro groups is 1. The van der Waals surface area contributed by atoms with Gasteiger partial charge in [0.15, 0.2) is 0 Å². The number of rotatable bonds is 15. The first kappa shape index (κ1) is 41.5. The second-order valence-electron chi connectivity index (χ2n) is 16.4. The third-order valence-corrected chi connectivity index (χ3v) is 13.7. The van der Waals surface area contributed by atoms with Crippen molar-refractivity contribution in [2.24, 2.45) is 11.8 Å². The number of morpholine rings is 1. The van der Waals surface area contributed by atoms with Crippen molar-refractivity contribution in [1.29, 1.82) is 0 Å². The van der Waals surface area contributed by atoms with Crippen LogP contribution in [0.3, 0.4) is 0 Å². The topological polar surface area (TPSA) is 150 Å². The molecular formula is C45H55N7O7S. The van der Waals surface area contributed by atoms with Crippen LogP contribution < -0.4 is 24.6 Å². The molecule has 4 aliphatic heterocycles. The Morgan fingerprint density at radius 1 is 0.800 bits per heavy atom. The summed E-state index contributed by atoms with van der Waals surface area (Å²) in [5.41, 5.74) is 3.40. The number of nitro benzene ring substituents is 1. The number of ether oxygens (including phenoxy) is 2. The molecule has 4 aromatic rings. The summed E-state index contributed by atoms with van der Waals surface area (Å²) >= 11 is 0. The van der Waals surface area contributed by atoms with Crippen molar-refractivity contribution in [1.82, 2.24) is 14.5 Å². The van der Waals surface area contributed by atoms with E-state index in [-0.39, 0.29) is 17.0 Å². The Morgan fingerprint density at radius 2 is 1.50 bits per heavy atom. The van der Waals surface area contributed by atoms with Crippen molar-refractivity contribution < 1.29 is 27.6 Å². The highest BCUT2D eigenvalue weighted by atomic mass is 32.2. The number of fused-ring (bicyclic) bond motifs is 4. The molecule has 14 nitrogen and oxygen atoms in total. The van der Waals surface area contributed by atoms with Gasteiger partial charge in [-0.15, -0.1) is 0 Å². The third-order valence-electron chi connectivity index (χ3n) is 12.3. The first-order chi connectivity index (χ1) is 29.2. The number of anilines is 3. The molecule has 0 spiro atoms. The van der Waals surface area contributed by atoms with E-state index in [1.54, 1.807) is 24.3 Å². The van der Waals surface area contributed by atoms with Gasteiger partial charge in [0.25, 0.3) is 21.6 Å². The molecule has 318 valence electrons. The number of hydrogen-bond acceptors (Lipinski definition) is 12. The summed E-state index contributed by atoms with van der Waals surface area (Å²) in [5.74, 6) is 1.35. The molecule has 0 atom stereocenters. The highest BCUT2D eigenvalue weighted by molar-refractivity contribution is 7.90. The fourth-order valence-electron chi connectivity index (χ4n) is 9.01. The van der Waals surface area contributed by atoms with Crippen molar-refractivity contribution in [3.63, 3.8) is 0 Å². The van der Waals surface area contributed by atoms with Gasteiger partial charge in [-0.05, 0) is 98.5 Å². The minimum atomic E-state index is -4.51. The molecule has 0 aromatic heterocycles. The average Bonchev–Trinajstić information content (AvgIpc) is 3.60. The van der Waals surface area contributed by atoms with Crippen LogP contribution in [-0.2, 0) is 21.3 Å². The minimum Gasteiger partial charge on any atom is -0.456 e. The van der Waals surface area contributed by atoms with E-state index < -0.39 is 31.4 Å². The van der Waals surface area contributed by atoms with E-state index in [4.69, 9.17) is 9.47 Å². The van der Waals surface area contributed by atoms with Crippen LogP contribution in [0.1, 0.15) is 48.0 Å². The van der Waals surface area contributed by atoms with Gasteiger partial charge in [-0.3, -0.25) is 24.7 Å². The molecule has 0 radical (unpaired) electrons. The fraction of sp³-hybridized carbons (Fsp3) is 0.444. The van der Waals surface area contributed by atoms with Gasteiger partial charge in [0.2, 0.25) is 0 Å². The molecule has 2 N–H and O–H groups in total. The number of nitrogens with one attached hydrogen (secondary N) is 2. The van der Waals surface area contributed by atoms with Crippen LogP contribution in [0.4, 0.5) is 22.7 Å². The van der Waals surface area contributed by atoms with Crippen LogP contribution in [0.25, 0.3) is 0 Å². The van der Waals surface area contributed by atoms with Gasteiger partial charge in [0.05, 0.1) is 28.6 Å². The van der Waals surface area contributed by atoms with Crippen molar-refractivity contribution in [2.45, 2.75) is 43.5 Å². The standard InChI is InChI=1S/C45H55N7O7S/c53-45(47-60(56,57)39-16-18-41(43(30-39)52(54)55)46-19-6-20-48-25-27-58-28-26-48)40-17-15-37(29-44(40)59-38-8-2-1-3-9-38)50-23-21-49(22-24-50)33-36-7-4-5-10-42(36)51-31-34-11-12-35(32-51)14-13-34/h1-5,7-10,15-18,29-30,34-35,46H,6,11-14,19-28,31-33H2,(H,47,53). The molecule has 60 heavy (non-hydrogen) atoms. The zero-order chi connectivity index (χ0) is 41.5. The highest BCUT2D eigenvalue weighted by Gasteiger charge is 2.31. The Balaban J connectivity index is 0.933. The molecule has 4 heterocycles. The maximum Gasteiger partial charge on any atom is 0.293 e. The number of para-hydroxylation sites is 2. The van der Waals surface area contributed by atoms with E-state index in [0.717, 1.165) is 95.5 Å². The van der Waals surface area contributed by atoms with E-state index in [2.05, 4.69) is 53.9 Å². The van der Waals surface area contributed by atoms with Gasteiger partial charge >= 0.3 is 0 Å². The summed E-state index contributed by atoms with van der Waals surface area (Å²) in [6.45, 7) is 10.7. The summed E-state index contributed by atoms with van der Waals surface area (Å²) in [7, 11) is -4.51. The molecule has 1 saturated carbocycles. The van der Waals surface area contributed by atoms with Gasteiger partial charge in [-0.1, -0.05) is 36.4 Å². The summed E-state index contributed by atoms with van der Waals surface area (Å²) < 4.78 is 40.9. The van der Waals surface area contributed by atoms with Crippen molar-refractivity contribution >= 4 is 38.7 Å². The molecule has 5 aliphatic rings. The molecular weight excluding hydrogens is 783 g/mol. The van der Waals surface area contributed by atoms with Crippen LogP contribution in [0, 0.1) is 22.0 Å². The van der Waals surface area contributed by atoms with E-state index >= 15 is 0 Å². The smallest absolute Gasteiger partial charge is 0.293 e. The zero-order valence-electron chi connectivity index (χ0n) is 34.0. The van der Waals surface area contributed by atoms with Crippen molar-refractivity contribution in [3.05, 3.63) is 112 Å². The largest absolute Gasteiger partial charge is 0.456 e. The molecule has 4 saturated heterocycles. The number of hydrogen-bond donors (Lipinski definition) is 2. The number of benzene rings is 4. The number of carbonyl (C=O) groups excluding carboxylic acids is 1. The molecule has 9 rings (SSSR count). The maximum atomic E-state index is 13.8. The van der Waals surface area contributed by atoms with E-state index in [1.165, 1.54) is 49.1 Å². The Labute approximate surface area is 352 Å². The zero-order valence-corrected chi connectivity index (χ0v) is 34.9. The summed E-state index contributed by atoms with van der Waals surface area (Å²) in [5, 5.41) is 15.1. The number of piperazine rings is 1. The number of amides is 1. The first-order valence-electron chi connectivity index (χ1n) is 21.3. The monoisotopic (exact) mass is 837 g/mol. The Hall–Kier alpha value is -5.22. The lowest BCUT2D eigenvalue weighted by Crippen LogP contribution is -2.46. The fourth-order valence-corrected chi connectivity index (χ4v) is 10.00. The second kappa shape index (κ2) is 19.0. The minimum absolute atomic E-state index is 0.0106. The Kier molecular flexibility index (Phi) is 13.2. The van der Waals surface area contributed by atoms with Crippen LogP contribution in [0.2, 0.25) is 0 Å². The predicted molar refractivity (Wildman–Crippen MR) is 233 cm³/mol. The van der Waals surface area contributed by atoms with Crippen LogP contribution in [0.5, 0.6) is 11.5 Å². The van der Waals surface area contributed by atoms with E-state index in [9.17, 15) is 23.3 Å². The lowest BCUT2D eigenvalue weighted by atomic mass is 9.84. The lowest BCUT2D eigenvalue weighted by molar-refractivity contribution is -0.384. The Bertz CT molecular complexity index is 2210. The molecule has 0 unspecified atom stereocenters. The van der Waals surface area contributed by atoms with Gasteiger partial charge in [0, 0.05) is 89.0 Å². The van der Waals surface area contributed by atoms with Crippen molar-refractivity contribution in [3.8, 4) is 11.5 Å². The third kappa shape index (κ3) is 10.2. The first-order valence-corrected chi connectivity index (χ1v) is 22.7. The maximum absolute atomic E-state index is 13.8. The van der Waals surface area contributed by atoms with Crippen LogP contribution in [0.15, 0.2) is 95.9 Å². The molecule has 2 bridgehead atoms. The quantitative estimate of drug-likeness (QED) is 0.0756. The second-order valence-corrected chi connectivity index (χ2v) is 18.1. The summed E-state index contributed by atoms with van der Waals surface area (Å²) in [4.78, 5) is 34.5. The SMILES string of the molecule is O=C(NS(=O)(=O)c1ccc(NCCCN2CCOCC2)c([N+](=O)[O-])c1)c1ccc(N2CCN(Cc3ccccc3N3CC4CCC(CC4)C3)CC2)cc1Oc1ccccc1. The van der Waals surface area contributed by atoms with Gasteiger partial charge in [0.1, 0.15) is 17.2 Å². The number of carbonyl (C=O) groups is 1. The molecule has 15 heteroatoms. The number of sulfonamides is 1. The van der Waals surface area contributed by atoms with Crippen LogP contribution >= 0.6 is 0 Å².